The van der Waals surface area contributed by atoms with Gasteiger partial charge < -0.3 is 49.3 Å². The van der Waals surface area contributed by atoms with Crippen molar-refractivity contribution in [3.63, 3.8) is 0 Å². The second-order valence-corrected chi connectivity index (χ2v) is 15.0. The molecule has 4 N–H and O–H groups in total. The van der Waals surface area contributed by atoms with E-state index >= 15 is 0 Å². The van der Waals surface area contributed by atoms with Crippen molar-refractivity contribution >= 4 is 46.1 Å². The van der Waals surface area contributed by atoms with Gasteiger partial charge in [0.05, 0.1) is 60.6 Å². The van der Waals surface area contributed by atoms with Crippen molar-refractivity contribution in [2.75, 3.05) is 41.5 Å². The number of ether oxygens (including phenoxy) is 4. The van der Waals surface area contributed by atoms with Crippen molar-refractivity contribution in [1.29, 1.82) is 0 Å². The molecule has 60 heavy (non-hydrogen) atoms. The Morgan fingerprint density at radius 1 is 0.650 bits per heavy atom. The number of alkyl carbamates (subject to hydrolysis) is 2. The average Bonchev–Trinajstić information content (AvgIpc) is 4.11. The number of aromatic amines is 2. The molecule has 4 amide bonds. The van der Waals surface area contributed by atoms with Gasteiger partial charge in [0.1, 0.15) is 23.7 Å². The lowest BCUT2D eigenvalue weighted by atomic mass is 10.0. The van der Waals surface area contributed by atoms with Crippen LogP contribution in [0.25, 0.3) is 33.2 Å². The molecular formula is C44H50N8O8. The van der Waals surface area contributed by atoms with Gasteiger partial charge in [-0.1, -0.05) is 30.0 Å². The Labute approximate surface area is 347 Å². The second kappa shape index (κ2) is 18.2. The van der Waals surface area contributed by atoms with Crippen molar-refractivity contribution < 1.29 is 38.1 Å². The number of aromatic nitrogens is 4. The molecule has 2 aliphatic rings. The summed E-state index contributed by atoms with van der Waals surface area (Å²) in [7, 11) is 5.50. The third-order valence-electron chi connectivity index (χ3n) is 11.4. The molecule has 6 atom stereocenters. The summed E-state index contributed by atoms with van der Waals surface area (Å²) in [6.07, 6.45) is 0.543. The molecule has 5 aromatic rings. The molecule has 0 saturated carbocycles. The van der Waals surface area contributed by atoms with Crippen LogP contribution in [-0.2, 0) is 28.5 Å². The minimum absolute atomic E-state index is 0.252. The summed E-state index contributed by atoms with van der Waals surface area (Å²) in [4.78, 5) is 71.4. The Morgan fingerprint density at radius 3 is 1.60 bits per heavy atom. The monoisotopic (exact) mass is 818 g/mol. The molecule has 0 radical (unpaired) electrons. The summed E-state index contributed by atoms with van der Waals surface area (Å²) >= 11 is 0. The zero-order valence-corrected chi connectivity index (χ0v) is 34.5. The maximum atomic E-state index is 13.7. The largest absolute Gasteiger partial charge is 0.453 e. The van der Waals surface area contributed by atoms with Crippen molar-refractivity contribution in [1.82, 2.24) is 40.4 Å². The lowest BCUT2D eigenvalue weighted by Gasteiger charge is -2.30. The molecule has 16 heteroatoms. The Hall–Kier alpha value is -6.44. The summed E-state index contributed by atoms with van der Waals surface area (Å²) in [5.41, 5.74) is 6.89. The van der Waals surface area contributed by atoms with Gasteiger partial charge >= 0.3 is 12.2 Å². The van der Waals surface area contributed by atoms with Gasteiger partial charge in [-0.05, 0) is 93.1 Å². The molecular weight excluding hydrogens is 769 g/mol. The normalized spacial score (nSPS) is 18.4. The van der Waals surface area contributed by atoms with Crippen LogP contribution in [0.1, 0.15) is 74.4 Å². The standard InChI is InChI=1S/C44H50N8O8/c1-25(57-3)37(49-43(55)59-5)41(53)51-21-7-9-35(51)39-45-31-19-15-28(23-33(31)47-39)12-11-27-13-16-29(17-14-27)30-18-20-32-34(24-30)48-40(46-32)36-10-8-22-52(36)42(54)38(26(2)58-4)50-44(56)60-6/h13-20,23-26,35-38H,7-10,21-22H2,1-6H3,(H,45,47)(H,46,48)(H,49,55)(H,50,56)/t25-,26-,35+,36+,37+,38+/m1/s1. The number of nitrogens with zero attached hydrogens (tertiary/aromatic N) is 4. The Morgan fingerprint density at radius 2 is 1.10 bits per heavy atom. The number of methoxy groups -OCH3 is 4. The Bertz CT molecular complexity index is 2430. The van der Waals surface area contributed by atoms with Gasteiger partial charge in [0, 0.05) is 38.4 Å². The van der Waals surface area contributed by atoms with Gasteiger partial charge in [-0.3, -0.25) is 9.59 Å². The number of nitrogens with one attached hydrogen (secondary N) is 4. The first-order valence-corrected chi connectivity index (χ1v) is 20.0. The Balaban J connectivity index is 1.03. The van der Waals surface area contributed by atoms with E-state index in [4.69, 9.17) is 28.9 Å². The fourth-order valence-electron chi connectivity index (χ4n) is 7.91. The van der Waals surface area contributed by atoms with Gasteiger partial charge in [-0.15, -0.1) is 0 Å². The summed E-state index contributed by atoms with van der Waals surface area (Å²) in [6, 6.07) is 17.5. The highest BCUT2D eigenvalue weighted by atomic mass is 16.5. The molecule has 3 aromatic carbocycles. The number of carbonyl (C=O) groups excluding carboxylic acids is 4. The van der Waals surface area contributed by atoms with Gasteiger partial charge in [-0.2, -0.15) is 0 Å². The lowest BCUT2D eigenvalue weighted by molar-refractivity contribution is -0.138. The second-order valence-electron chi connectivity index (χ2n) is 15.0. The molecule has 0 aliphatic carbocycles. The van der Waals surface area contributed by atoms with Gasteiger partial charge in [0.15, 0.2) is 0 Å². The van der Waals surface area contributed by atoms with Crippen LogP contribution in [-0.4, -0.2) is 120 Å². The number of rotatable bonds is 11. The SMILES string of the molecule is COC(=O)N[C@H](C(=O)N1CCC[C@H]1c1nc2ccc(C#Cc3ccc(-c4ccc5nc([C@@H]6CCCN6C(=O)[C@@H](NC(=O)OC)[C@@H](C)OC)[nH]c5c4)cc3)cc2[nH]1)[C@@H](C)OC. The molecule has 2 saturated heterocycles. The highest BCUT2D eigenvalue weighted by Gasteiger charge is 2.40. The minimum Gasteiger partial charge on any atom is -0.453 e. The van der Waals surface area contributed by atoms with Crippen LogP contribution >= 0.6 is 0 Å². The van der Waals surface area contributed by atoms with E-state index in [-0.39, 0.29) is 23.9 Å². The fourth-order valence-corrected chi connectivity index (χ4v) is 7.91. The van der Waals surface area contributed by atoms with Crippen molar-refractivity contribution in [2.45, 2.75) is 75.9 Å². The van der Waals surface area contributed by atoms with E-state index in [1.54, 1.807) is 23.6 Å². The number of hydrogen-bond donors (Lipinski definition) is 4. The Kier molecular flexibility index (Phi) is 12.7. The molecule has 16 nitrogen and oxygen atoms in total. The third-order valence-corrected chi connectivity index (χ3v) is 11.4. The first kappa shape index (κ1) is 41.7. The molecule has 2 fully saturated rings. The summed E-state index contributed by atoms with van der Waals surface area (Å²) in [6.45, 7) is 4.53. The summed E-state index contributed by atoms with van der Waals surface area (Å²) in [5, 5.41) is 5.25. The van der Waals surface area contributed by atoms with E-state index in [9.17, 15) is 19.2 Å². The highest BCUT2D eigenvalue weighted by Crippen LogP contribution is 2.35. The minimum atomic E-state index is -0.908. The van der Waals surface area contributed by atoms with Crippen LogP contribution in [0.3, 0.4) is 0 Å². The zero-order chi connectivity index (χ0) is 42.5. The van der Waals surface area contributed by atoms with E-state index < -0.39 is 36.5 Å². The van der Waals surface area contributed by atoms with Crippen LogP contribution < -0.4 is 10.6 Å². The number of H-pyrrole nitrogens is 2. The van der Waals surface area contributed by atoms with Crippen molar-refractivity contribution in [3.8, 4) is 23.0 Å². The lowest BCUT2D eigenvalue weighted by Crippen LogP contribution is -2.54. The predicted octanol–water partition coefficient (Wildman–Crippen LogP) is 5.35. The van der Waals surface area contributed by atoms with E-state index in [1.807, 2.05) is 54.6 Å². The van der Waals surface area contributed by atoms with Crippen LogP contribution in [0.2, 0.25) is 0 Å². The van der Waals surface area contributed by atoms with Gasteiger partial charge in [-0.25, -0.2) is 19.6 Å². The summed E-state index contributed by atoms with van der Waals surface area (Å²) < 4.78 is 20.3. The molecule has 0 bridgehead atoms. The van der Waals surface area contributed by atoms with Crippen LogP contribution in [0.4, 0.5) is 9.59 Å². The molecule has 2 aliphatic heterocycles. The molecule has 4 heterocycles. The first-order chi connectivity index (χ1) is 29.0. The van der Waals surface area contributed by atoms with E-state index in [0.717, 1.165) is 70.0 Å². The number of fused-ring (bicyclic) bond motifs is 2. The topological polar surface area (TPSA) is 193 Å². The first-order valence-electron chi connectivity index (χ1n) is 20.0. The number of likely N-dealkylation sites (tertiary alicyclic amines) is 2. The number of imidazole rings is 2. The van der Waals surface area contributed by atoms with Crippen molar-refractivity contribution in [3.05, 3.63) is 83.4 Å². The zero-order valence-electron chi connectivity index (χ0n) is 34.5. The van der Waals surface area contributed by atoms with Crippen LogP contribution in [0, 0.1) is 11.8 Å². The number of carbonyl (C=O) groups is 4. The quantitative estimate of drug-likeness (QED) is 0.126. The van der Waals surface area contributed by atoms with Crippen molar-refractivity contribution in [2.24, 2.45) is 0 Å². The van der Waals surface area contributed by atoms with E-state index in [2.05, 4.69) is 38.5 Å². The molecule has 7 rings (SSSR count). The maximum Gasteiger partial charge on any atom is 0.407 e. The van der Waals surface area contributed by atoms with Gasteiger partial charge in [0.25, 0.3) is 0 Å². The fraction of sp³-hybridized carbons (Fsp3) is 0.409. The number of hydrogen-bond acceptors (Lipinski definition) is 10. The molecule has 314 valence electrons. The smallest absolute Gasteiger partial charge is 0.407 e. The predicted molar refractivity (Wildman–Crippen MR) is 223 cm³/mol. The van der Waals surface area contributed by atoms with E-state index in [1.165, 1.54) is 28.4 Å². The average molecular weight is 819 g/mol. The molecule has 0 spiro atoms. The van der Waals surface area contributed by atoms with E-state index in [0.29, 0.717) is 24.7 Å². The van der Waals surface area contributed by atoms with Crippen LogP contribution in [0.5, 0.6) is 0 Å². The van der Waals surface area contributed by atoms with Crippen LogP contribution in [0.15, 0.2) is 60.7 Å². The maximum absolute atomic E-state index is 13.7. The highest BCUT2D eigenvalue weighted by molar-refractivity contribution is 5.88. The summed E-state index contributed by atoms with van der Waals surface area (Å²) in [5.74, 6) is 7.39. The number of benzene rings is 3. The van der Waals surface area contributed by atoms with Gasteiger partial charge in [0.2, 0.25) is 11.8 Å². The number of amides is 4. The molecule has 2 aromatic heterocycles. The molecule has 0 unspecified atom stereocenters. The third kappa shape index (κ3) is 8.77.